The molecular weight excluding hydrogens is 304 g/mol. The fourth-order valence-corrected chi connectivity index (χ4v) is 2.61. The lowest BCUT2D eigenvalue weighted by Gasteiger charge is -2.19. The summed E-state index contributed by atoms with van der Waals surface area (Å²) in [4.78, 5) is 0.837. The molecule has 1 aromatic rings. The smallest absolute Gasteiger partial charge is 0.0590 e. The molecule has 0 aromatic heterocycles. The third kappa shape index (κ3) is 5.39. The predicted octanol–water partition coefficient (Wildman–Crippen LogP) is 4.40. The van der Waals surface area contributed by atoms with E-state index in [4.69, 9.17) is 5.41 Å². The van der Waals surface area contributed by atoms with Crippen molar-refractivity contribution in [3.05, 3.63) is 47.6 Å². The van der Waals surface area contributed by atoms with Crippen LogP contribution in [0.2, 0.25) is 0 Å². The fraction of sp³-hybridized carbons (Fsp3) is 0.278. The topological polar surface area (TPSA) is 51.2 Å². The van der Waals surface area contributed by atoms with Crippen LogP contribution in [-0.4, -0.2) is 24.8 Å². The number of nitrogens with one attached hydrogen (secondary N) is 3. The van der Waals surface area contributed by atoms with Gasteiger partial charge in [-0.25, -0.2) is 5.01 Å². The number of allylic oxidation sites excluding steroid dienone is 4. The highest BCUT2D eigenvalue weighted by molar-refractivity contribution is 7.80. The molecule has 1 aromatic carbocycles. The molecule has 0 fully saturated rings. The first-order valence-corrected chi connectivity index (χ1v) is 7.81. The zero-order valence-electron chi connectivity index (χ0n) is 14.5. The minimum atomic E-state index is 0.540. The van der Waals surface area contributed by atoms with E-state index in [1.807, 2.05) is 57.2 Å². The van der Waals surface area contributed by atoms with Crippen LogP contribution in [0, 0.1) is 5.41 Å². The van der Waals surface area contributed by atoms with Crippen LogP contribution in [0.4, 0.5) is 5.69 Å². The van der Waals surface area contributed by atoms with E-state index in [0.717, 1.165) is 32.9 Å². The van der Waals surface area contributed by atoms with Crippen molar-refractivity contribution in [1.82, 2.24) is 10.5 Å². The molecule has 4 nitrogen and oxygen atoms in total. The number of rotatable bonds is 7. The SMILES string of the molecule is C=C/C=C\c1c(S)cc(C(C(C)=N)=C(C)C)cc1NNN(C)C. The maximum absolute atomic E-state index is 8.04. The van der Waals surface area contributed by atoms with Gasteiger partial charge < -0.3 is 10.8 Å². The summed E-state index contributed by atoms with van der Waals surface area (Å²) in [7, 11) is 3.81. The molecule has 23 heavy (non-hydrogen) atoms. The monoisotopic (exact) mass is 330 g/mol. The zero-order valence-corrected chi connectivity index (χ0v) is 15.4. The number of benzene rings is 1. The minimum Gasteiger partial charge on any atom is -0.307 e. The highest BCUT2D eigenvalue weighted by atomic mass is 32.1. The van der Waals surface area contributed by atoms with Gasteiger partial charge in [0.1, 0.15) is 0 Å². The lowest BCUT2D eigenvalue weighted by Crippen LogP contribution is -2.35. The number of hydrazine groups is 2. The Morgan fingerprint density at radius 3 is 2.39 bits per heavy atom. The Labute approximate surface area is 144 Å². The van der Waals surface area contributed by atoms with Gasteiger partial charge in [-0.3, -0.25) is 0 Å². The van der Waals surface area contributed by atoms with E-state index >= 15 is 0 Å². The van der Waals surface area contributed by atoms with Crippen molar-refractivity contribution >= 4 is 35.7 Å². The third-order valence-electron chi connectivity index (χ3n) is 3.14. The van der Waals surface area contributed by atoms with Gasteiger partial charge in [-0.2, -0.15) is 5.53 Å². The Kier molecular flexibility index (Phi) is 7.29. The van der Waals surface area contributed by atoms with Gasteiger partial charge in [0, 0.05) is 35.8 Å². The van der Waals surface area contributed by atoms with Crippen LogP contribution < -0.4 is 11.0 Å². The van der Waals surface area contributed by atoms with Crippen molar-refractivity contribution in [2.75, 3.05) is 19.5 Å². The standard InChI is InChI=1S/C18H26N4S/c1-7-8-9-15-16(20-21-22(5)6)10-14(11-17(15)23)18(12(2)3)13(4)19/h7-11,19-21,23H,1H2,2-6H3/b9-8-,19-13?. The summed E-state index contributed by atoms with van der Waals surface area (Å²) < 4.78 is 0. The molecule has 0 unspecified atom stereocenters. The van der Waals surface area contributed by atoms with E-state index < -0.39 is 0 Å². The second kappa shape index (κ2) is 8.72. The van der Waals surface area contributed by atoms with Crippen molar-refractivity contribution in [3.8, 4) is 0 Å². The summed E-state index contributed by atoms with van der Waals surface area (Å²) in [6.45, 7) is 9.54. The van der Waals surface area contributed by atoms with Gasteiger partial charge in [-0.15, -0.1) is 12.6 Å². The van der Waals surface area contributed by atoms with E-state index in [2.05, 4.69) is 30.2 Å². The zero-order chi connectivity index (χ0) is 17.6. The molecule has 0 heterocycles. The van der Waals surface area contributed by atoms with Crippen molar-refractivity contribution < 1.29 is 0 Å². The number of hydrogen-bond acceptors (Lipinski definition) is 5. The van der Waals surface area contributed by atoms with Crippen LogP contribution in [0.15, 0.2) is 41.3 Å². The van der Waals surface area contributed by atoms with Crippen molar-refractivity contribution in [2.45, 2.75) is 25.7 Å². The highest BCUT2D eigenvalue weighted by Crippen LogP contribution is 2.31. The fourth-order valence-electron chi connectivity index (χ4n) is 2.28. The number of thiol groups is 1. The lowest BCUT2D eigenvalue weighted by atomic mass is 9.95. The molecule has 5 heteroatoms. The Hall–Kier alpha value is -1.82. The van der Waals surface area contributed by atoms with Gasteiger partial charge in [0.15, 0.2) is 0 Å². The molecule has 0 aliphatic rings. The van der Waals surface area contributed by atoms with Gasteiger partial charge in [-0.1, -0.05) is 30.4 Å². The average Bonchev–Trinajstić information content (AvgIpc) is 2.43. The molecule has 3 N–H and O–H groups in total. The van der Waals surface area contributed by atoms with Gasteiger partial charge >= 0.3 is 0 Å². The van der Waals surface area contributed by atoms with Crippen molar-refractivity contribution in [2.24, 2.45) is 0 Å². The van der Waals surface area contributed by atoms with Gasteiger partial charge in [0.05, 0.1) is 5.69 Å². The first-order valence-electron chi connectivity index (χ1n) is 7.36. The molecule has 0 amide bonds. The molecule has 0 bridgehead atoms. The molecule has 0 spiro atoms. The lowest BCUT2D eigenvalue weighted by molar-refractivity contribution is 0.320. The third-order valence-corrected chi connectivity index (χ3v) is 3.51. The molecule has 124 valence electrons. The summed E-state index contributed by atoms with van der Waals surface area (Å²) in [6.07, 6.45) is 5.56. The minimum absolute atomic E-state index is 0.540. The van der Waals surface area contributed by atoms with Crippen LogP contribution >= 0.6 is 12.6 Å². The molecule has 0 aliphatic heterocycles. The quantitative estimate of drug-likeness (QED) is 0.259. The number of anilines is 1. The Morgan fingerprint density at radius 1 is 1.26 bits per heavy atom. The molecule has 0 aliphatic carbocycles. The van der Waals surface area contributed by atoms with Crippen molar-refractivity contribution in [3.63, 3.8) is 0 Å². The Bertz CT molecular complexity index is 653. The van der Waals surface area contributed by atoms with Crippen LogP contribution in [0.3, 0.4) is 0 Å². The van der Waals surface area contributed by atoms with E-state index in [1.165, 1.54) is 0 Å². The Balaban J connectivity index is 3.48. The molecule has 0 saturated heterocycles. The average molecular weight is 331 g/mol. The van der Waals surface area contributed by atoms with Gasteiger partial charge in [0.2, 0.25) is 0 Å². The second-order valence-electron chi connectivity index (χ2n) is 5.68. The van der Waals surface area contributed by atoms with E-state index in [9.17, 15) is 0 Å². The Morgan fingerprint density at radius 2 is 1.91 bits per heavy atom. The first-order chi connectivity index (χ1) is 10.8. The van der Waals surface area contributed by atoms with E-state index in [-0.39, 0.29) is 0 Å². The number of nitrogens with zero attached hydrogens (tertiary/aromatic N) is 1. The van der Waals surface area contributed by atoms with Crippen LogP contribution in [-0.2, 0) is 0 Å². The predicted molar refractivity (Wildman–Crippen MR) is 105 cm³/mol. The van der Waals surface area contributed by atoms with E-state index in [1.54, 1.807) is 13.0 Å². The molecule has 0 saturated carbocycles. The maximum atomic E-state index is 8.04. The summed E-state index contributed by atoms with van der Waals surface area (Å²) in [5.74, 6) is 0. The summed E-state index contributed by atoms with van der Waals surface area (Å²) in [6, 6.07) is 4.02. The maximum Gasteiger partial charge on any atom is 0.0590 e. The number of hydrogen-bond donors (Lipinski definition) is 4. The van der Waals surface area contributed by atoms with Crippen LogP contribution in [0.25, 0.3) is 11.6 Å². The normalized spacial score (nSPS) is 10.9. The van der Waals surface area contributed by atoms with Gasteiger partial charge in [0.25, 0.3) is 0 Å². The van der Waals surface area contributed by atoms with Gasteiger partial charge in [-0.05, 0) is 38.5 Å². The molecule has 0 radical (unpaired) electrons. The summed E-state index contributed by atoms with van der Waals surface area (Å²) in [5, 5.41) is 9.86. The molecular formula is C18H26N4S. The van der Waals surface area contributed by atoms with E-state index in [0.29, 0.717) is 5.71 Å². The highest BCUT2D eigenvalue weighted by Gasteiger charge is 2.12. The first kappa shape index (κ1) is 19.2. The summed E-state index contributed by atoms with van der Waals surface area (Å²) in [5.41, 5.74) is 11.6. The molecule has 0 atom stereocenters. The van der Waals surface area contributed by atoms with Crippen molar-refractivity contribution in [1.29, 1.82) is 5.41 Å². The largest absolute Gasteiger partial charge is 0.307 e. The molecule has 1 rings (SSSR count). The summed E-state index contributed by atoms with van der Waals surface area (Å²) >= 11 is 4.63. The van der Waals surface area contributed by atoms with Crippen LogP contribution in [0.5, 0.6) is 0 Å². The second-order valence-corrected chi connectivity index (χ2v) is 6.16. The van der Waals surface area contributed by atoms with Crippen LogP contribution in [0.1, 0.15) is 31.9 Å².